The highest BCUT2D eigenvalue weighted by Crippen LogP contribution is 2.34. The fourth-order valence-electron chi connectivity index (χ4n) is 3.18. The number of halogens is 3. The van der Waals surface area contributed by atoms with Crippen LogP contribution < -0.4 is 14.8 Å². The molecule has 0 saturated heterocycles. The molecule has 0 aliphatic carbocycles. The number of hydrogen-bond acceptors (Lipinski definition) is 5. The molecule has 1 aliphatic rings. The average molecular weight is 511 g/mol. The maximum Gasteiger partial charge on any atom is 0.243 e. The second kappa shape index (κ2) is 9.56. The monoisotopic (exact) mass is 510 g/mol. The van der Waals surface area contributed by atoms with E-state index in [0.29, 0.717) is 22.2 Å². The van der Waals surface area contributed by atoms with E-state index in [2.05, 4.69) is 5.32 Å². The van der Waals surface area contributed by atoms with Gasteiger partial charge in [-0.15, -0.1) is 0 Å². The van der Waals surface area contributed by atoms with Crippen LogP contribution in [-0.2, 0) is 21.4 Å². The summed E-state index contributed by atoms with van der Waals surface area (Å²) in [7, 11) is -4.20. The molecule has 7 nitrogen and oxygen atoms in total. The molecule has 0 unspecified atom stereocenters. The number of anilines is 1. The third-order valence-electron chi connectivity index (χ3n) is 4.82. The van der Waals surface area contributed by atoms with Gasteiger partial charge >= 0.3 is 0 Å². The Morgan fingerprint density at radius 3 is 2.48 bits per heavy atom. The molecular weight excluding hydrogens is 494 g/mol. The lowest BCUT2D eigenvalue weighted by Gasteiger charge is -2.23. The first-order valence-corrected chi connectivity index (χ1v) is 11.8. The SMILES string of the molecule is O=C(CN(Cc1c(F)cccc1Cl)S(=O)(=O)c1ccc(Cl)cc1)Nc1ccc2c(c1)OCO2. The zero-order chi connectivity index (χ0) is 23.6. The number of carbonyl (C=O) groups excluding carboxylic acids is 1. The first kappa shape index (κ1) is 23.3. The Kier molecular flexibility index (Phi) is 6.76. The van der Waals surface area contributed by atoms with Gasteiger partial charge in [0.15, 0.2) is 11.5 Å². The van der Waals surface area contributed by atoms with Crippen molar-refractivity contribution in [2.24, 2.45) is 0 Å². The maximum atomic E-state index is 14.4. The fraction of sp³-hybridized carbons (Fsp3) is 0.136. The first-order chi connectivity index (χ1) is 15.7. The normalized spacial score (nSPS) is 12.7. The van der Waals surface area contributed by atoms with E-state index in [9.17, 15) is 17.6 Å². The van der Waals surface area contributed by atoms with Crippen molar-refractivity contribution in [1.29, 1.82) is 0 Å². The Bertz CT molecular complexity index is 1280. The highest BCUT2D eigenvalue weighted by atomic mass is 35.5. The summed E-state index contributed by atoms with van der Waals surface area (Å²) in [6.45, 7) is -0.974. The van der Waals surface area contributed by atoms with Gasteiger partial charge in [0.05, 0.1) is 11.4 Å². The first-order valence-electron chi connectivity index (χ1n) is 9.62. The van der Waals surface area contributed by atoms with Crippen molar-refractivity contribution >= 4 is 44.8 Å². The fourth-order valence-corrected chi connectivity index (χ4v) is 4.89. The van der Waals surface area contributed by atoms with Gasteiger partial charge in [-0.1, -0.05) is 29.3 Å². The van der Waals surface area contributed by atoms with Gasteiger partial charge in [-0.05, 0) is 48.5 Å². The second-order valence-electron chi connectivity index (χ2n) is 7.04. The van der Waals surface area contributed by atoms with Crippen molar-refractivity contribution in [3.8, 4) is 11.5 Å². The molecule has 1 aliphatic heterocycles. The number of carbonyl (C=O) groups is 1. The summed E-state index contributed by atoms with van der Waals surface area (Å²) in [5.41, 5.74) is 0.338. The topological polar surface area (TPSA) is 84.9 Å². The van der Waals surface area contributed by atoms with E-state index in [1.807, 2.05) is 0 Å². The predicted octanol–water partition coefficient (Wildman–Crippen LogP) is 4.69. The highest BCUT2D eigenvalue weighted by Gasteiger charge is 2.29. The molecule has 11 heteroatoms. The number of sulfonamides is 1. The van der Waals surface area contributed by atoms with Crippen LogP contribution in [0.1, 0.15) is 5.56 Å². The molecule has 4 rings (SSSR count). The zero-order valence-corrected chi connectivity index (χ0v) is 19.3. The molecule has 0 radical (unpaired) electrons. The molecule has 0 saturated carbocycles. The molecule has 33 heavy (non-hydrogen) atoms. The van der Waals surface area contributed by atoms with Crippen LogP contribution in [0.2, 0.25) is 10.0 Å². The van der Waals surface area contributed by atoms with E-state index in [1.165, 1.54) is 42.5 Å². The number of fused-ring (bicyclic) bond motifs is 1. The molecule has 0 atom stereocenters. The van der Waals surface area contributed by atoms with Crippen LogP contribution in [0.25, 0.3) is 0 Å². The number of benzene rings is 3. The van der Waals surface area contributed by atoms with E-state index in [1.54, 1.807) is 18.2 Å². The lowest BCUT2D eigenvalue weighted by Crippen LogP contribution is -2.37. The number of ether oxygens (including phenoxy) is 2. The van der Waals surface area contributed by atoms with Gasteiger partial charge < -0.3 is 14.8 Å². The summed E-state index contributed by atoms with van der Waals surface area (Å²) < 4.78 is 52.4. The van der Waals surface area contributed by atoms with Crippen LogP contribution in [0, 0.1) is 5.82 Å². The van der Waals surface area contributed by atoms with E-state index < -0.39 is 34.8 Å². The van der Waals surface area contributed by atoms with E-state index in [4.69, 9.17) is 32.7 Å². The minimum Gasteiger partial charge on any atom is -0.454 e. The van der Waals surface area contributed by atoms with E-state index >= 15 is 0 Å². The summed E-state index contributed by atoms with van der Waals surface area (Å²) in [6.07, 6.45) is 0. The van der Waals surface area contributed by atoms with Crippen molar-refractivity contribution < 1.29 is 27.1 Å². The van der Waals surface area contributed by atoms with Crippen molar-refractivity contribution in [1.82, 2.24) is 4.31 Å². The van der Waals surface area contributed by atoms with Gasteiger partial charge in [0.2, 0.25) is 22.7 Å². The molecule has 1 heterocycles. The van der Waals surface area contributed by atoms with Crippen molar-refractivity contribution in [3.05, 3.63) is 82.1 Å². The van der Waals surface area contributed by atoms with E-state index in [-0.39, 0.29) is 22.3 Å². The van der Waals surface area contributed by atoms with Crippen molar-refractivity contribution in [2.75, 3.05) is 18.7 Å². The van der Waals surface area contributed by atoms with Crippen molar-refractivity contribution in [3.63, 3.8) is 0 Å². The van der Waals surface area contributed by atoms with Gasteiger partial charge in [-0.2, -0.15) is 4.31 Å². The summed E-state index contributed by atoms with van der Waals surface area (Å²) in [5.74, 6) is -0.334. The molecule has 0 bridgehead atoms. The lowest BCUT2D eigenvalue weighted by molar-refractivity contribution is -0.116. The Hall–Kier alpha value is -2.85. The van der Waals surface area contributed by atoms with Crippen LogP contribution in [0.4, 0.5) is 10.1 Å². The third-order valence-corrected chi connectivity index (χ3v) is 7.24. The van der Waals surface area contributed by atoms with Gasteiger partial charge in [-0.25, -0.2) is 12.8 Å². The summed E-state index contributed by atoms with van der Waals surface area (Å²) in [5, 5.41) is 3.01. The smallest absolute Gasteiger partial charge is 0.243 e. The number of hydrogen-bond donors (Lipinski definition) is 1. The summed E-state index contributed by atoms with van der Waals surface area (Å²) in [4.78, 5) is 12.7. The predicted molar refractivity (Wildman–Crippen MR) is 122 cm³/mol. The Morgan fingerprint density at radius 1 is 1.03 bits per heavy atom. The molecule has 3 aromatic carbocycles. The third kappa shape index (κ3) is 5.22. The maximum absolute atomic E-state index is 14.4. The number of rotatable bonds is 7. The summed E-state index contributed by atoms with van der Waals surface area (Å²) in [6, 6.07) is 14.2. The molecule has 1 N–H and O–H groups in total. The molecule has 1 amide bonds. The minimum absolute atomic E-state index is 0.0440. The van der Waals surface area contributed by atoms with Crippen LogP contribution in [0.5, 0.6) is 11.5 Å². The Morgan fingerprint density at radius 2 is 1.76 bits per heavy atom. The second-order valence-corrected chi connectivity index (χ2v) is 9.83. The van der Waals surface area contributed by atoms with Gasteiger partial charge in [0, 0.05) is 33.9 Å². The van der Waals surface area contributed by atoms with Crippen LogP contribution in [0.3, 0.4) is 0 Å². The lowest BCUT2D eigenvalue weighted by atomic mass is 10.2. The quantitative estimate of drug-likeness (QED) is 0.498. The Balaban J connectivity index is 1.62. The van der Waals surface area contributed by atoms with Crippen LogP contribution >= 0.6 is 23.2 Å². The molecule has 3 aromatic rings. The van der Waals surface area contributed by atoms with Crippen LogP contribution in [0.15, 0.2) is 65.6 Å². The number of nitrogens with zero attached hydrogens (tertiary/aromatic N) is 1. The standard InChI is InChI=1S/C22H17Cl2FN2O5S/c23-14-4-7-16(8-5-14)33(29,30)27(11-17-18(24)2-1-3-19(17)25)12-22(28)26-15-6-9-20-21(10-15)32-13-31-20/h1-10H,11-13H2,(H,26,28). The van der Waals surface area contributed by atoms with Gasteiger partial charge in [-0.3, -0.25) is 4.79 Å². The van der Waals surface area contributed by atoms with Crippen molar-refractivity contribution in [2.45, 2.75) is 11.4 Å². The molecule has 0 fully saturated rings. The minimum atomic E-state index is -4.20. The zero-order valence-electron chi connectivity index (χ0n) is 16.9. The van der Waals surface area contributed by atoms with Crippen LogP contribution in [-0.4, -0.2) is 32.0 Å². The molecule has 172 valence electrons. The molecule has 0 aromatic heterocycles. The highest BCUT2D eigenvalue weighted by molar-refractivity contribution is 7.89. The molecular formula is C22H17Cl2FN2O5S. The Labute approximate surface area is 199 Å². The number of nitrogens with one attached hydrogen (secondary N) is 1. The summed E-state index contributed by atoms with van der Waals surface area (Å²) >= 11 is 12.0. The molecule has 0 spiro atoms. The number of amides is 1. The van der Waals surface area contributed by atoms with E-state index in [0.717, 1.165) is 4.31 Å². The van der Waals surface area contributed by atoms with Gasteiger partial charge in [0.1, 0.15) is 5.82 Å². The average Bonchev–Trinajstić information content (AvgIpc) is 3.23. The van der Waals surface area contributed by atoms with Gasteiger partial charge in [0.25, 0.3) is 0 Å². The largest absolute Gasteiger partial charge is 0.454 e.